The van der Waals surface area contributed by atoms with Crippen molar-refractivity contribution < 1.29 is 35.1 Å². The molecule has 0 heterocycles. The van der Waals surface area contributed by atoms with Crippen LogP contribution in [0.25, 0.3) is 0 Å². The van der Waals surface area contributed by atoms with E-state index in [1.807, 2.05) is 0 Å². The van der Waals surface area contributed by atoms with E-state index in [-0.39, 0.29) is 40.9 Å². The van der Waals surface area contributed by atoms with E-state index >= 15 is 0 Å². The fraction of sp³-hybridized carbons (Fsp3) is 0.273. The molecule has 1 aromatic rings. The van der Waals surface area contributed by atoms with E-state index in [0.717, 1.165) is 0 Å². The molecule has 1 rings (SSSR count). The van der Waals surface area contributed by atoms with Crippen LogP contribution in [0.5, 0.6) is 5.75 Å². The molecule has 0 radical (unpaired) electrons. The Hall–Kier alpha value is -1.12. The quantitative estimate of drug-likeness (QED) is 0.416. The average Bonchev–Trinajstić information content (AvgIpc) is 2.30. The first kappa shape index (κ1) is 17.9. The van der Waals surface area contributed by atoms with Crippen LogP contribution in [0.3, 0.4) is 0 Å². The van der Waals surface area contributed by atoms with Crippen LogP contribution in [0, 0.1) is 0 Å². The molecule has 5 N–H and O–H groups in total. The zero-order valence-electron chi connectivity index (χ0n) is 9.15. The van der Waals surface area contributed by atoms with Crippen molar-refractivity contribution in [1.29, 1.82) is 0 Å². The molecule has 0 aliphatic carbocycles. The molecule has 19 heavy (non-hydrogen) atoms. The van der Waals surface area contributed by atoms with Gasteiger partial charge in [-0.2, -0.15) is 0 Å². The van der Waals surface area contributed by atoms with E-state index in [1.165, 1.54) is 24.3 Å². The average molecular weight is 280 g/mol. The van der Waals surface area contributed by atoms with Gasteiger partial charge in [0, 0.05) is 6.42 Å². The van der Waals surface area contributed by atoms with Gasteiger partial charge in [0.25, 0.3) is 0 Å². The molecule has 0 bridgehead atoms. The molecule has 0 aromatic heterocycles. The van der Waals surface area contributed by atoms with Gasteiger partial charge in [0.1, 0.15) is 5.75 Å². The third-order valence-corrected chi connectivity index (χ3v) is 2.51. The van der Waals surface area contributed by atoms with E-state index in [1.54, 1.807) is 0 Å². The number of phenols is 1. The first-order valence-electron chi connectivity index (χ1n) is 4.92. The summed E-state index contributed by atoms with van der Waals surface area (Å²) in [6.45, 7) is 0. The molecule has 0 saturated carbocycles. The summed E-state index contributed by atoms with van der Waals surface area (Å²) < 4.78 is 0. The normalized spacial score (nSPS) is 14.8. The number of rotatable bonds is 5. The molecule has 0 aliphatic heterocycles. The van der Waals surface area contributed by atoms with E-state index in [4.69, 9.17) is 10.2 Å². The standard InChI is InChI=1S/C11H12O7.Na.H/c12-7-4-2-1-3-6(7)5-11(18,10(16)17)8(13)9(14)15;;/h1-4,8,12-13,18H,5H2,(H,14,15)(H,16,17);;. The number of carbonyl (C=O) groups is 2. The predicted octanol–water partition coefficient (Wildman–Crippen LogP) is -1.45. The van der Waals surface area contributed by atoms with E-state index < -0.39 is 30.1 Å². The van der Waals surface area contributed by atoms with Crippen molar-refractivity contribution in [2.45, 2.75) is 18.1 Å². The molecule has 7 nitrogen and oxygen atoms in total. The molecule has 0 aliphatic rings. The van der Waals surface area contributed by atoms with Gasteiger partial charge in [-0.1, -0.05) is 18.2 Å². The molecule has 8 heteroatoms. The molecule has 0 spiro atoms. The first-order valence-corrected chi connectivity index (χ1v) is 4.92. The molecular formula is C11H13NaO7. The maximum atomic E-state index is 10.9. The molecule has 2 atom stereocenters. The van der Waals surface area contributed by atoms with Crippen molar-refractivity contribution in [3.8, 4) is 5.75 Å². The fourth-order valence-corrected chi connectivity index (χ4v) is 1.44. The zero-order chi connectivity index (χ0) is 13.9. The zero-order valence-corrected chi connectivity index (χ0v) is 9.15. The Bertz CT molecular complexity index is 476. The summed E-state index contributed by atoms with van der Waals surface area (Å²) in [5.41, 5.74) is -2.90. The number of hydrogen-bond donors (Lipinski definition) is 5. The van der Waals surface area contributed by atoms with Gasteiger partial charge in [0.2, 0.25) is 5.60 Å². The van der Waals surface area contributed by atoms with Crippen LogP contribution >= 0.6 is 0 Å². The molecule has 100 valence electrons. The van der Waals surface area contributed by atoms with Crippen molar-refractivity contribution in [3.05, 3.63) is 29.8 Å². The minimum atomic E-state index is -2.91. The van der Waals surface area contributed by atoms with Gasteiger partial charge in [-0.05, 0) is 11.6 Å². The Morgan fingerprint density at radius 2 is 1.74 bits per heavy atom. The second-order valence-corrected chi connectivity index (χ2v) is 3.78. The number of carboxylic acid groups (broad SMARTS) is 2. The maximum absolute atomic E-state index is 10.9. The number of aliphatic hydroxyl groups is 2. The number of phenolic OH excluding ortho intramolecular Hbond substituents is 1. The van der Waals surface area contributed by atoms with Gasteiger partial charge >= 0.3 is 41.5 Å². The summed E-state index contributed by atoms with van der Waals surface area (Å²) in [4.78, 5) is 21.5. The van der Waals surface area contributed by atoms with Crippen LogP contribution in [0.15, 0.2) is 24.3 Å². The van der Waals surface area contributed by atoms with Crippen LogP contribution in [0.2, 0.25) is 0 Å². The van der Waals surface area contributed by atoms with Crippen LogP contribution in [0.1, 0.15) is 5.56 Å². The number of aliphatic hydroxyl groups excluding tert-OH is 1. The third-order valence-electron chi connectivity index (χ3n) is 2.51. The first-order chi connectivity index (χ1) is 8.29. The minimum absolute atomic E-state index is 0. The van der Waals surface area contributed by atoms with E-state index in [9.17, 15) is 24.9 Å². The third kappa shape index (κ3) is 3.92. The second-order valence-electron chi connectivity index (χ2n) is 3.78. The Labute approximate surface area is 130 Å². The molecule has 0 amide bonds. The van der Waals surface area contributed by atoms with E-state index in [0.29, 0.717) is 0 Å². The number of para-hydroxylation sites is 1. The van der Waals surface area contributed by atoms with Gasteiger partial charge in [-0.3, -0.25) is 0 Å². The van der Waals surface area contributed by atoms with Crippen LogP contribution in [-0.2, 0) is 16.0 Å². The number of carboxylic acids is 2. The summed E-state index contributed by atoms with van der Waals surface area (Å²) in [6, 6.07) is 5.53. The van der Waals surface area contributed by atoms with Crippen LogP contribution in [0.4, 0.5) is 0 Å². The number of aromatic hydroxyl groups is 1. The Morgan fingerprint density at radius 1 is 1.21 bits per heavy atom. The summed E-state index contributed by atoms with van der Waals surface area (Å²) in [6.07, 6.45) is -3.24. The van der Waals surface area contributed by atoms with Gasteiger partial charge in [-0.25, -0.2) is 9.59 Å². The molecule has 2 unspecified atom stereocenters. The van der Waals surface area contributed by atoms with E-state index in [2.05, 4.69) is 0 Å². The molecule has 0 saturated heterocycles. The summed E-state index contributed by atoms with van der Waals surface area (Å²) in [7, 11) is 0. The summed E-state index contributed by atoms with van der Waals surface area (Å²) in [5.74, 6) is -4.05. The molecular weight excluding hydrogens is 267 g/mol. The fourth-order valence-electron chi connectivity index (χ4n) is 1.44. The summed E-state index contributed by atoms with van der Waals surface area (Å²) >= 11 is 0. The van der Waals surface area contributed by atoms with Crippen LogP contribution in [-0.4, -0.2) is 78.7 Å². The SMILES string of the molecule is O=C(O)C(O)C(O)(Cc1ccccc1O)C(=O)O.[NaH]. The van der Waals surface area contributed by atoms with Crippen molar-refractivity contribution in [2.75, 3.05) is 0 Å². The Kier molecular flexibility index (Phi) is 6.47. The topological polar surface area (TPSA) is 135 Å². The monoisotopic (exact) mass is 280 g/mol. The Morgan fingerprint density at radius 3 is 2.16 bits per heavy atom. The number of benzene rings is 1. The van der Waals surface area contributed by atoms with Gasteiger partial charge in [-0.15, -0.1) is 0 Å². The molecule has 1 aromatic carbocycles. The molecule has 0 fully saturated rings. The van der Waals surface area contributed by atoms with Crippen LogP contribution < -0.4 is 0 Å². The van der Waals surface area contributed by atoms with Gasteiger partial charge < -0.3 is 25.5 Å². The number of hydrogen-bond acceptors (Lipinski definition) is 5. The number of aliphatic carboxylic acids is 2. The second kappa shape index (κ2) is 6.88. The van der Waals surface area contributed by atoms with Gasteiger partial charge in [0.05, 0.1) is 0 Å². The van der Waals surface area contributed by atoms with Crippen molar-refractivity contribution in [1.82, 2.24) is 0 Å². The van der Waals surface area contributed by atoms with Gasteiger partial charge in [0.15, 0.2) is 6.10 Å². The Balaban J connectivity index is 0.00000324. The summed E-state index contributed by atoms with van der Waals surface area (Å²) in [5, 5.41) is 45.9. The predicted molar refractivity (Wildman–Crippen MR) is 65.2 cm³/mol. The van der Waals surface area contributed by atoms with Crippen molar-refractivity contribution >= 4 is 41.5 Å². The van der Waals surface area contributed by atoms with Crippen molar-refractivity contribution in [3.63, 3.8) is 0 Å². The van der Waals surface area contributed by atoms with Crippen molar-refractivity contribution in [2.24, 2.45) is 0 Å².